The molecule has 10 nitrogen and oxygen atoms in total. The Morgan fingerprint density at radius 2 is 1.84 bits per heavy atom. The molecular formula is C26H21BrF5N7O3S. The maximum absolute atomic E-state index is 14.3. The number of rotatable bonds is 5. The standard InChI is InChI=1S/C26H21BrF5N7O3S/c1-10-33-25(39(36-10)18-7-22-16(34-11(2)43-22)5-13(18)26(30,31)32)20-6-19(24(41)21(9-40)42-20)38-8-17(35-37-38)12-3-14(28)23(27)15(29)4-12/h3-5,7-8,19-21,24,40-41H,6,9H2,1-2H3. The molecule has 1 saturated heterocycles. The molecule has 43 heavy (non-hydrogen) atoms. The van der Waals surface area contributed by atoms with Gasteiger partial charge in [-0.05, 0) is 54.0 Å². The van der Waals surface area contributed by atoms with Gasteiger partial charge in [-0.2, -0.15) is 18.3 Å². The van der Waals surface area contributed by atoms with Crippen molar-refractivity contribution >= 4 is 37.5 Å². The lowest BCUT2D eigenvalue weighted by Crippen LogP contribution is -2.45. The molecule has 4 unspecified atom stereocenters. The summed E-state index contributed by atoms with van der Waals surface area (Å²) < 4.78 is 79.5. The van der Waals surface area contributed by atoms with Gasteiger partial charge in [0.2, 0.25) is 0 Å². The van der Waals surface area contributed by atoms with E-state index in [0.29, 0.717) is 9.71 Å². The largest absolute Gasteiger partial charge is 0.418 e. The Kier molecular flexibility index (Phi) is 7.56. The van der Waals surface area contributed by atoms with Crippen LogP contribution in [0.2, 0.25) is 0 Å². The van der Waals surface area contributed by atoms with E-state index in [-0.39, 0.29) is 45.0 Å². The van der Waals surface area contributed by atoms with Crippen LogP contribution in [-0.4, -0.2) is 63.8 Å². The fourth-order valence-electron chi connectivity index (χ4n) is 5.11. The first kappa shape index (κ1) is 29.7. The number of hydrogen-bond acceptors (Lipinski definition) is 9. The number of aromatic nitrogens is 7. The molecule has 6 rings (SSSR count). The number of nitrogens with zero attached hydrogens (tertiary/aromatic N) is 7. The third-order valence-electron chi connectivity index (χ3n) is 7.05. The quantitative estimate of drug-likeness (QED) is 0.190. The first-order chi connectivity index (χ1) is 20.3. The van der Waals surface area contributed by atoms with E-state index < -0.39 is 54.3 Å². The van der Waals surface area contributed by atoms with Crippen LogP contribution < -0.4 is 0 Å². The van der Waals surface area contributed by atoms with Gasteiger partial charge in [0.05, 0.1) is 49.8 Å². The van der Waals surface area contributed by atoms with Crippen LogP contribution in [0.25, 0.3) is 27.2 Å². The molecule has 0 spiro atoms. The number of aryl methyl sites for hydroxylation is 2. The van der Waals surface area contributed by atoms with Gasteiger partial charge in [-0.3, -0.25) is 0 Å². The van der Waals surface area contributed by atoms with Gasteiger partial charge in [-0.1, -0.05) is 5.21 Å². The zero-order valence-electron chi connectivity index (χ0n) is 22.2. The lowest BCUT2D eigenvalue weighted by molar-refractivity contribution is -0.161. The number of benzene rings is 2. The van der Waals surface area contributed by atoms with E-state index in [0.717, 1.165) is 22.9 Å². The molecule has 0 radical (unpaired) electrons. The molecule has 0 aliphatic carbocycles. The Balaban J connectivity index is 1.41. The molecular weight excluding hydrogens is 665 g/mol. The van der Waals surface area contributed by atoms with Crippen LogP contribution in [0.3, 0.4) is 0 Å². The van der Waals surface area contributed by atoms with Crippen molar-refractivity contribution in [3.05, 3.63) is 68.8 Å². The van der Waals surface area contributed by atoms with Crippen LogP contribution in [0.5, 0.6) is 0 Å². The summed E-state index contributed by atoms with van der Waals surface area (Å²) in [5.74, 6) is -1.53. The number of fused-ring (bicyclic) bond motifs is 1. The Labute approximate surface area is 251 Å². The summed E-state index contributed by atoms with van der Waals surface area (Å²) in [5.41, 5.74) is -0.874. The molecule has 0 saturated carbocycles. The highest BCUT2D eigenvalue weighted by molar-refractivity contribution is 9.10. The molecule has 1 fully saturated rings. The Morgan fingerprint density at radius 1 is 1.12 bits per heavy atom. The molecule has 17 heteroatoms. The zero-order valence-corrected chi connectivity index (χ0v) is 24.6. The van der Waals surface area contributed by atoms with Gasteiger partial charge >= 0.3 is 6.18 Å². The summed E-state index contributed by atoms with van der Waals surface area (Å²) in [6, 6.07) is 3.52. The van der Waals surface area contributed by atoms with Crippen LogP contribution in [0.4, 0.5) is 22.0 Å². The monoisotopic (exact) mass is 685 g/mol. The molecule has 2 aromatic carbocycles. The van der Waals surface area contributed by atoms with Crippen molar-refractivity contribution in [3.8, 4) is 16.9 Å². The SMILES string of the molecule is Cc1nc(C2CC(n3cc(-c4cc(F)c(Br)c(F)c4)nn3)C(O)C(CO)O2)n(-c2cc3sc(C)nc3cc2C(F)(F)F)n1. The van der Waals surface area contributed by atoms with Crippen LogP contribution >= 0.6 is 27.3 Å². The number of hydrogen-bond donors (Lipinski definition) is 2. The number of thiazole rings is 1. The number of halogens is 6. The molecule has 1 aliphatic heterocycles. The molecule has 3 aromatic heterocycles. The van der Waals surface area contributed by atoms with Gasteiger partial charge < -0.3 is 14.9 Å². The first-order valence-electron chi connectivity index (χ1n) is 12.8. The Morgan fingerprint density at radius 3 is 2.51 bits per heavy atom. The molecule has 5 aromatic rings. The lowest BCUT2D eigenvalue weighted by atomic mass is 9.95. The minimum Gasteiger partial charge on any atom is -0.394 e. The number of aliphatic hydroxyl groups is 2. The third-order valence-corrected chi connectivity index (χ3v) is 8.74. The highest BCUT2D eigenvalue weighted by Gasteiger charge is 2.43. The van der Waals surface area contributed by atoms with Crippen LogP contribution in [0, 0.1) is 25.5 Å². The van der Waals surface area contributed by atoms with E-state index in [1.165, 1.54) is 35.2 Å². The van der Waals surface area contributed by atoms with E-state index in [9.17, 15) is 32.2 Å². The number of alkyl halides is 3. The zero-order chi connectivity index (χ0) is 30.8. The summed E-state index contributed by atoms with van der Waals surface area (Å²) in [6.07, 6.45) is -7.01. The van der Waals surface area contributed by atoms with E-state index in [4.69, 9.17) is 4.74 Å². The Bertz CT molecular complexity index is 1820. The van der Waals surface area contributed by atoms with Gasteiger partial charge in [-0.25, -0.2) is 28.1 Å². The molecule has 226 valence electrons. The van der Waals surface area contributed by atoms with Crippen molar-refractivity contribution in [2.45, 2.75) is 50.8 Å². The Hall–Kier alpha value is -3.38. The van der Waals surface area contributed by atoms with Crippen molar-refractivity contribution in [2.24, 2.45) is 0 Å². The fourth-order valence-corrected chi connectivity index (χ4v) is 6.18. The maximum Gasteiger partial charge on any atom is 0.418 e. The van der Waals surface area contributed by atoms with Gasteiger partial charge in [0.1, 0.15) is 41.5 Å². The summed E-state index contributed by atoms with van der Waals surface area (Å²) in [7, 11) is 0. The average molecular weight is 686 g/mol. The second-order valence-corrected chi connectivity index (χ2v) is 12.0. The summed E-state index contributed by atoms with van der Waals surface area (Å²) in [6.45, 7) is 2.58. The van der Waals surface area contributed by atoms with Crippen molar-refractivity contribution in [3.63, 3.8) is 0 Å². The van der Waals surface area contributed by atoms with Crippen molar-refractivity contribution in [1.82, 2.24) is 34.7 Å². The summed E-state index contributed by atoms with van der Waals surface area (Å²) in [5, 5.41) is 33.9. The predicted octanol–water partition coefficient (Wildman–Crippen LogP) is 5.24. The highest BCUT2D eigenvalue weighted by atomic mass is 79.9. The van der Waals surface area contributed by atoms with Gasteiger partial charge in [0.25, 0.3) is 0 Å². The number of aliphatic hydroxyl groups excluding tert-OH is 2. The summed E-state index contributed by atoms with van der Waals surface area (Å²) in [4.78, 5) is 8.56. The fraction of sp³-hybridized carbons (Fsp3) is 0.346. The first-order valence-corrected chi connectivity index (χ1v) is 14.4. The van der Waals surface area contributed by atoms with Crippen molar-refractivity contribution in [1.29, 1.82) is 0 Å². The van der Waals surface area contributed by atoms with Gasteiger partial charge in [-0.15, -0.1) is 16.4 Å². The van der Waals surface area contributed by atoms with Crippen molar-refractivity contribution in [2.75, 3.05) is 6.61 Å². The average Bonchev–Trinajstić information content (AvgIpc) is 3.68. The smallest absolute Gasteiger partial charge is 0.394 e. The summed E-state index contributed by atoms with van der Waals surface area (Å²) >= 11 is 4.05. The minimum absolute atomic E-state index is 0.0105. The van der Waals surface area contributed by atoms with E-state index in [1.807, 2.05) is 0 Å². The second-order valence-electron chi connectivity index (χ2n) is 9.97. The van der Waals surface area contributed by atoms with E-state index in [2.05, 4.69) is 41.3 Å². The molecule has 0 bridgehead atoms. The lowest BCUT2D eigenvalue weighted by Gasteiger charge is -2.38. The van der Waals surface area contributed by atoms with Crippen LogP contribution in [-0.2, 0) is 10.9 Å². The van der Waals surface area contributed by atoms with Gasteiger partial charge in [0, 0.05) is 12.0 Å². The molecule has 4 heterocycles. The van der Waals surface area contributed by atoms with Crippen LogP contribution in [0.1, 0.15) is 40.8 Å². The maximum atomic E-state index is 14.3. The second kappa shape index (κ2) is 11.0. The van der Waals surface area contributed by atoms with Crippen molar-refractivity contribution < 1.29 is 36.9 Å². The topological polar surface area (TPSA) is 124 Å². The minimum atomic E-state index is -4.75. The molecule has 4 atom stereocenters. The van der Waals surface area contributed by atoms with Crippen LogP contribution in [0.15, 0.2) is 34.9 Å². The van der Waals surface area contributed by atoms with E-state index >= 15 is 0 Å². The predicted molar refractivity (Wildman–Crippen MR) is 146 cm³/mol. The van der Waals surface area contributed by atoms with Gasteiger partial charge in [0.15, 0.2) is 5.82 Å². The normalized spacial score (nSPS) is 21.2. The molecule has 2 N–H and O–H groups in total. The highest BCUT2D eigenvalue weighted by Crippen LogP contribution is 2.41. The third kappa shape index (κ3) is 5.43. The van der Waals surface area contributed by atoms with E-state index in [1.54, 1.807) is 6.92 Å². The number of ether oxygens (including phenoxy) is 1. The molecule has 1 aliphatic rings. The molecule has 0 amide bonds.